The van der Waals surface area contributed by atoms with Gasteiger partial charge in [0, 0.05) is 25.0 Å². The van der Waals surface area contributed by atoms with Crippen molar-refractivity contribution in [3.8, 4) is 0 Å². The summed E-state index contributed by atoms with van der Waals surface area (Å²) in [5.74, 6) is 0. The molecule has 0 amide bonds. The van der Waals surface area contributed by atoms with Crippen LogP contribution in [0.25, 0.3) is 6.08 Å². The third-order valence-corrected chi connectivity index (χ3v) is 4.43. The Morgan fingerprint density at radius 1 is 1.05 bits per heavy atom. The maximum Gasteiger partial charge on any atom is 0.0552 e. The standard InChI is InChI=1S/C20H23NO/c1-17(12-18-8-4-2-5-9-18)13-21-14-20(15-21,16-22)19-10-6-3-7-11-19/h2-12,22H,13-16H2,1H3/b17-12+. The monoisotopic (exact) mass is 293 g/mol. The summed E-state index contributed by atoms with van der Waals surface area (Å²) >= 11 is 0. The first-order chi connectivity index (χ1) is 10.7. The quantitative estimate of drug-likeness (QED) is 0.914. The Bertz CT molecular complexity index is 627. The number of rotatable bonds is 5. The van der Waals surface area contributed by atoms with Gasteiger partial charge in [0.15, 0.2) is 0 Å². The van der Waals surface area contributed by atoms with E-state index in [2.05, 4.69) is 66.4 Å². The number of likely N-dealkylation sites (tertiary alicyclic amines) is 1. The lowest BCUT2D eigenvalue weighted by Crippen LogP contribution is -2.61. The van der Waals surface area contributed by atoms with Crippen LogP contribution in [0.4, 0.5) is 0 Å². The van der Waals surface area contributed by atoms with E-state index in [1.165, 1.54) is 16.7 Å². The molecule has 0 unspecified atom stereocenters. The van der Waals surface area contributed by atoms with Crippen molar-refractivity contribution in [3.63, 3.8) is 0 Å². The molecule has 0 atom stereocenters. The first-order valence-corrected chi connectivity index (χ1v) is 7.83. The largest absolute Gasteiger partial charge is 0.395 e. The van der Waals surface area contributed by atoms with Crippen molar-refractivity contribution in [2.75, 3.05) is 26.2 Å². The topological polar surface area (TPSA) is 23.5 Å². The SMILES string of the molecule is C/C(=C\c1ccccc1)CN1CC(CO)(c2ccccc2)C1. The molecule has 1 heterocycles. The Morgan fingerprint density at radius 2 is 1.64 bits per heavy atom. The van der Waals surface area contributed by atoms with Crippen LogP contribution in [-0.2, 0) is 5.41 Å². The van der Waals surface area contributed by atoms with E-state index >= 15 is 0 Å². The molecule has 2 nitrogen and oxygen atoms in total. The van der Waals surface area contributed by atoms with E-state index in [4.69, 9.17) is 0 Å². The first-order valence-electron chi connectivity index (χ1n) is 7.83. The molecule has 2 heteroatoms. The van der Waals surface area contributed by atoms with Gasteiger partial charge < -0.3 is 5.11 Å². The predicted octanol–water partition coefficient (Wildman–Crippen LogP) is 3.34. The molecule has 2 aromatic rings. The van der Waals surface area contributed by atoms with Gasteiger partial charge in [0.1, 0.15) is 0 Å². The molecule has 22 heavy (non-hydrogen) atoms. The van der Waals surface area contributed by atoms with Gasteiger partial charge in [0.25, 0.3) is 0 Å². The van der Waals surface area contributed by atoms with E-state index in [-0.39, 0.29) is 12.0 Å². The second-order valence-electron chi connectivity index (χ2n) is 6.35. The maximum atomic E-state index is 9.84. The van der Waals surface area contributed by atoms with Gasteiger partial charge in [-0.3, -0.25) is 4.90 Å². The van der Waals surface area contributed by atoms with Crippen molar-refractivity contribution in [3.05, 3.63) is 77.4 Å². The van der Waals surface area contributed by atoms with E-state index in [0.717, 1.165) is 19.6 Å². The molecule has 0 saturated carbocycles. The van der Waals surface area contributed by atoms with Crippen molar-refractivity contribution in [2.24, 2.45) is 0 Å². The molecular formula is C20H23NO. The van der Waals surface area contributed by atoms with E-state index in [1.54, 1.807) is 0 Å². The van der Waals surface area contributed by atoms with Crippen molar-refractivity contribution >= 4 is 6.08 Å². The second kappa shape index (κ2) is 6.47. The zero-order valence-corrected chi connectivity index (χ0v) is 13.1. The lowest BCUT2D eigenvalue weighted by Gasteiger charge is -2.50. The number of aliphatic hydroxyl groups is 1. The Morgan fingerprint density at radius 3 is 2.23 bits per heavy atom. The molecule has 0 aromatic heterocycles. The Balaban J connectivity index is 1.62. The Labute approximate surface area is 132 Å². The van der Waals surface area contributed by atoms with Crippen molar-refractivity contribution in [1.82, 2.24) is 4.90 Å². The normalized spacial score (nSPS) is 18.0. The molecule has 114 valence electrons. The molecule has 1 saturated heterocycles. The highest BCUT2D eigenvalue weighted by atomic mass is 16.3. The van der Waals surface area contributed by atoms with Crippen LogP contribution in [-0.4, -0.2) is 36.2 Å². The van der Waals surface area contributed by atoms with Crippen molar-refractivity contribution < 1.29 is 5.11 Å². The van der Waals surface area contributed by atoms with Crippen molar-refractivity contribution in [2.45, 2.75) is 12.3 Å². The third kappa shape index (κ3) is 3.13. The molecule has 1 aliphatic rings. The summed E-state index contributed by atoms with van der Waals surface area (Å²) in [5.41, 5.74) is 3.77. The Kier molecular flexibility index (Phi) is 4.41. The third-order valence-electron chi connectivity index (χ3n) is 4.43. The molecule has 3 rings (SSSR count). The summed E-state index contributed by atoms with van der Waals surface area (Å²) in [7, 11) is 0. The van der Waals surface area contributed by atoms with E-state index in [0.29, 0.717) is 0 Å². The highest BCUT2D eigenvalue weighted by molar-refractivity contribution is 5.52. The van der Waals surface area contributed by atoms with Crippen LogP contribution < -0.4 is 0 Å². The fraction of sp³-hybridized carbons (Fsp3) is 0.300. The fourth-order valence-electron chi connectivity index (χ4n) is 3.32. The molecule has 0 spiro atoms. The molecule has 0 aliphatic carbocycles. The highest BCUT2D eigenvalue weighted by Crippen LogP contribution is 2.34. The van der Waals surface area contributed by atoms with E-state index < -0.39 is 0 Å². The van der Waals surface area contributed by atoms with Gasteiger partial charge in [-0.25, -0.2) is 0 Å². The zero-order valence-electron chi connectivity index (χ0n) is 13.1. The molecule has 0 radical (unpaired) electrons. The summed E-state index contributed by atoms with van der Waals surface area (Å²) in [6, 6.07) is 20.8. The summed E-state index contributed by atoms with van der Waals surface area (Å²) in [4.78, 5) is 2.40. The number of aliphatic hydroxyl groups excluding tert-OH is 1. The smallest absolute Gasteiger partial charge is 0.0552 e. The molecule has 2 aromatic carbocycles. The van der Waals surface area contributed by atoms with E-state index in [1.807, 2.05) is 12.1 Å². The molecule has 1 fully saturated rings. The van der Waals surface area contributed by atoms with Crippen LogP contribution in [0.3, 0.4) is 0 Å². The van der Waals surface area contributed by atoms with Gasteiger partial charge in [0.2, 0.25) is 0 Å². The fourth-order valence-corrected chi connectivity index (χ4v) is 3.32. The summed E-state index contributed by atoms with van der Waals surface area (Å²) < 4.78 is 0. The minimum Gasteiger partial charge on any atom is -0.395 e. The predicted molar refractivity (Wildman–Crippen MR) is 91.7 cm³/mol. The average molecular weight is 293 g/mol. The average Bonchev–Trinajstić information content (AvgIpc) is 2.52. The molecule has 1 aliphatic heterocycles. The van der Waals surface area contributed by atoms with Gasteiger partial charge >= 0.3 is 0 Å². The van der Waals surface area contributed by atoms with Crippen LogP contribution >= 0.6 is 0 Å². The van der Waals surface area contributed by atoms with E-state index in [9.17, 15) is 5.11 Å². The van der Waals surface area contributed by atoms with Crippen LogP contribution in [0.5, 0.6) is 0 Å². The van der Waals surface area contributed by atoms with Gasteiger partial charge in [-0.15, -0.1) is 0 Å². The van der Waals surface area contributed by atoms with Crippen LogP contribution in [0.15, 0.2) is 66.2 Å². The minimum absolute atomic E-state index is 0.0751. The lowest BCUT2D eigenvalue weighted by atomic mass is 9.74. The van der Waals surface area contributed by atoms with Gasteiger partial charge in [-0.05, 0) is 18.1 Å². The highest BCUT2D eigenvalue weighted by Gasteiger charge is 2.43. The molecule has 1 N–H and O–H groups in total. The van der Waals surface area contributed by atoms with Gasteiger partial charge in [-0.2, -0.15) is 0 Å². The molecule has 0 bridgehead atoms. The minimum atomic E-state index is -0.0751. The van der Waals surface area contributed by atoms with Crippen LogP contribution in [0, 0.1) is 0 Å². The van der Waals surface area contributed by atoms with Crippen LogP contribution in [0.1, 0.15) is 18.1 Å². The number of hydrogen-bond donors (Lipinski definition) is 1. The maximum absolute atomic E-state index is 9.84. The Hall–Kier alpha value is -1.90. The summed E-state index contributed by atoms with van der Waals surface area (Å²) in [6.45, 7) is 5.20. The van der Waals surface area contributed by atoms with Gasteiger partial charge in [-0.1, -0.05) is 72.3 Å². The first kappa shape index (κ1) is 15.0. The lowest BCUT2D eigenvalue weighted by molar-refractivity contribution is 0.0265. The van der Waals surface area contributed by atoms with Crippen LogP contribution in [0.2, 0.25) is 0 Å². The molecular weight excluding hydrogens is 270 g/mol. The zero-order chi connectivity index (χ0) is 15.4. The summed E-state index contributed by atoms with van der Waals surface area (Å²) in [5, 5.41) is 9.84. The number of hydrogen-bond acceptors (Lipinski definition) is 2. The number of nitrogens with zero attached hydrogens (tertiary/aromatic N) is 1. The second-order valence-corrected chi connectivity index (χ2v) is 6.35. The van der Waals surface area contributed by atoms with Crippen molar-refractivity contribution in [1.29, 1.82) is 0 Å². The summed E-state index contributed by atoms with van der Waals surface area (Å²) in [6.07, 6.45) is 2.24. The van der Waals surface area contributed by atoms with Gasteiger partial charge in [0.05, 0.1) is 6.61 Å². The number of benzene rings is 2.